The number of pyridine rings is 1. The van der Waals surface area contributed by atoms with Crippen LogP contribution in [0.3, 0.4) is 0 Å². The first-order valence-corrected chi connectivity index (χ1v) is 7.01. The Morgan fingerprint density at radius 2 is 2.19 bits per heavy atom. The molecule has 0 aliphatic carbocycles. The molecule has 0 fully saturated rings. The van der Waals surface area contributed by atoms with E-state index in [9.17, 15) is 9.59 Å². The zero-order chi connectivity index (χ0) is 15.4. The van der Waals surface area contributed by atoms with Crippen molar-refractivity contribution < 1.29 is 14.7 Å². The summed E-state index contributed by atoms with van der Waals surface area (Å²) in [5.74, 6) is -1.47. The third-order valence-corrected chi connectivity index (χ3v) is 3.38. The van der Waals surface area contributed by atoms with Crippen molar-refractivity contribution in [1.29, 1.82) is 0 Å². The van der Waals surface area contributed by atoms with E-state index in [1.807, 2.05) is 26.0 Å². The number of carbonyl (C=O) groups excluding carboxylic acids is 1. The molecular weight excluding hydrogens is 270 g/mol. The molecule has 0 spiro atoms. The molecule has 0 saturated heterocycles. The number of nitrogens with zero attached hydrogens (tertiary/aromatic N) is 2. The number of unbranched alkanes of at least 4 members (excludes halogenated alkanes) is 1. The van der Waals surface area contributed by atoms with E-state index >= 15 is 0 Å². The number of rotatable bonds is 6. The van der Waals surface area contributed by atoms with E-state index in [1.54, 1.807) is 16.7 Å². The molecule has 0 aromatic carbocycles. The van der Waals surface area contributed by atoms with Gasteiger partial charge in [0.25, 0.3) is 5.91 Å². The van der Waals surface area contributed by atoms with Crippen LogP contribution in [0, 0.1) is 6.92 Å². The SMILES string of the molecule is CCCC[C@@H](NC(=O)c1cn2c(C)cccc2n1)C(=O)O. The van der Waals surface area contributed by atoms with Crippen molar-refractivity contribution in [2.75, 3.05) is 0 Å². The highest BCUT2D eigenvalue weighted by molar-refractivity contribution is 5.95. The molecule has 0 aliphatic rings. The van der Waals surface area contributed by atoms with Gasteiger partial charge in [-0.25, -0.2) is 9.78 Å². The second-order valence-electron chi connectivity index (χ2n) is 5.03. The molecule has 21 heavy (non-hydrogen) atoms. The maximum absolute atomic E-state index is 12.2. The molecule has 0 bridgehead atoms. The lowest BCUT2D eigenvalue weighted by Gasteiger charge is -2.12. The summed E-state index contributed by atoms with van der Waals surface area (Å²) >= 11 is 0. The van der Waals surface area contributed by atoms with Gasteiger partial charge >= 0.3 is 5.97 Å². The number of hydrogen-bond acceptors (Lipinski definition) is 3. The summed E-state index contributed by atoms with van der Waals surface area (Å²) < 4.78 is 1.80. The third-order valence-electron chi connectivity index (χ3n) is 3.38. The maximum Gasteiger partial charge on any atom is 0.326 e. The molecular formula is C15H19N3O3. The monoisotopic (exact) mass is 289 g/mol. The fraction of sp³-hybridized carbons (Fsp3) is 0.400. The smallest absolute Gasteiger partial charge is 0.326 e. The third kappa shape index (κ3) is 3.39. The van der Waals surface area contributed by atoms with E-state index in [0.717, 1.165) is 18.5 Å². The van der Waals surface area contributed by atoms with Crippen LogP contribution >= 0.6 is 0 Å². The quantitative estimate of drug-likeness (QED) is 0.852. The van der Waals surface area contributed by atoms with Gasteiger partial charge < -0.3 is 14.8 Å². The number of fused-ring (bicyclic) bond motifs is 1. The van der Waals surface area contributed by atoms with E-state index < -0.39 is 17.9 Å². The number of nitrogens with one attached hydrogen (secondary N) is 1. The van der Waals surface area contributed by atoms with Gasteiger partial charge in [-0.05, 0) is 25.5 Å². The normalized spacial score (nSPS) is 12.3. The summed E-state index contributed by atoms with van der Waals surface area (Å²) in [6.45, 7) is 3.89. The highest BCUT2D eigenvalue weighted by atomic mass is 16.4. The van der Waals surface area contributed by atoms with Gasteiger partial charge in [0.1, 0.15) is 17.4 Å². The highest BCUT2D eigenvalue weighted by Gasteiger charge is 2.21. The Labute approximate surface area is 122 Å². The van der Waals surface area contributed by atoms with Crippen molar-refractivity contribution in [3.8, 4) is 0 Å². The molecule has 2 heterocycles. The van der Waals surface area contributed by atoms with Gasteiger partial charge in [-0.15, -0.1) is 0 Å². The Hall–Kier alpha value is -2.37. The number of imidazole rings is 1. The van der Waals surface area contributed by atoms with Crippen LogP contribution in [-0.2, 0) is 4.79 Å². The maximum atomic E-state index is 12.2. The van der Waals surface area contributed by atoms with Crippen LogP contribution < -0.4 is 5.32 Å². The van der Waals surface area contributed by atoms with Crippen molar-refractivity contribution in [2.24, 2.45) is 0 Å². The van der Waals surface area contributed by atoms with Crippen molar-refractivity contribution >= 4 is 17.5 Å². The topological polar surface area (TPSA) is 83.7 Å². The van der Waals surface area contributed by atoms with Crippen LogP contribution in [0.1, 0.15) is 42.4 Å². The van der Waals surface area contributed by atoms with Crippen molar-refractivity contribution in [3.05, 3.63) is 35.8 Å². The Kier molecular flexibility index (Phi) is 4.57. The lowest BCUT2D eigenvalue weighted by molar-refractivity contribution is -0.139. The Bertz CT molecular complexity index is 663. The van der Waals surface area contributed by atoms with E-state index in [-0.39, 0.29) is 5.69 Å². The average molecular weight is 289 g/mol. The van der Waals surface area contributed by atoms with Gasteiger partial charge in [0.05, 0.1) is 0 Å². The van der Waals surface area contributed by atoms with E-state index in [1.165, 1.54) is 0 Å². The largest absolute Gasteiger partial charge is 0.480 e. The Morgan fingerprint density at radius 3 is 2.81 bits per heavy atom. The van der Waals surface area contributed by atoms with E-state index in [2.05, 4.69) is 10.3 Å². The number of aryl methyl sites for hydroxylation is 1. The molecule has 2 aromatic heterocycles. The van der Waals surface area contributed by atoms with Crippen LogP contribution in [0.5, 0.6) is 0 Å². The van der Waals surface area contributed by atoms with Gasteiger partial charge in [0, 0.05) is 11.9 Å². The molecule has 1 atom stereocenters. The lowest BCUT2D eigenvalue weighted by Crippen LogP contribution is -2.40. The van der Waals surface area contributed by atoms with Crippen LogP contribution in [0.25, 0.3) is 5.65 Å². The molecule has 1 amide bonds. The minimum Gasteiger partial charge on any atom is -0.480 e. The fourth-order valence-electron chi connectivity index (χ4n) is 2.16. The summed E-state index contributed by atoms with van der Waals surface area (Å²) in [7, 11) is 0. The molecule has 112 valence electrons. The highest BCUT2D eigenvalue weighted by Crippen LogP contribution is 2.09. The zero-order valence-electron chi connectivity index (χ0n) is 12.2. The fourth-order valence-corrected chi connectivity index (χ4v) is 2.16. The minimum absolute atomic E-state index is 0.229. The van der Waals surface area contributed by atoms with Crippen LogP contribution in [-0.4, -0.2) is 32.4 Å². The molecule has 2 N–H and O–H groups in total. The first-order chi connectivity index (χ1) is 10.0. The Morgan fingerprint density at radius 1 is 1.43 bits per heavy atom. The average Bonchev–Trinajstić information content (AvgIpc) is 2.88. The molecule has 0 unspecified atom stereocenters. The number of carboxylic acids is 1. The van der Waals surface area contributed by atoms with Crippen molar-refractivity contribution in [2.45, 2.75) is 39.2 Å². The van der Waals surface area contributed by atoms with E-state index in [4.69, 9.17) is 5.11 Å². The second-order valence-corrected chi connectivity index (χ2v) is 5.03. The summed E-state index contributed by atoms with van der Waals surface area (Å²) in [5, 5.41) is 11.7. The predicted octanol–water partition coefficient (Wildman–Crippen LogP) is 2.02. The Balaban J connectivity index is 2.17. The van der Waals surface area contributed by atoms with Crippen molar-refractivity contribution in [1.82, 2.24) is 14.7 Å². The molecule has 0 radical (unpaired) electrons. The van der Waals surface area contributed by atoms with Gasteiger partial charge in [0.2, 0.25) is 0 Å². The molecule has 6 nitrogen and oxygen atoms in total. The molecule has 2 rings (SSSR count). The van der Waals surface area contributed by atoms with Gasteiger partial charge in [0.15, 0.2) is 0 Å². The first kappa shape index (κ1) is 15.0. The number of amides is 1. The minimum atomic E-state index is -1.02. The number of carboxylic acid groups (broad SMARTS) is 1. The standard InChI is InChI=1S/C15H19N3O3/c1-3-4-7-11(15(20)21)17-14(19)12-9-18-10(2)6-5-8-13(18)16-12/h5-6,8-9,11H,3-4,7H2,1-2H3,(H,17,19)(H,20,21)/t11-/m1/s1. The summed E-state index contributed by atoms with van der Waals surface area (Å²) in [4.78, 5) is 27.5. The molecule has 6 heteroatoms. The number of carbonyl (C=O) groups is 2. The number of hydrogen-bond donors (Lipinski definition) is 2. The predicted molar refractivity (Wildman–Crippen MR) is 78.3 cm³/mol. The summed E-state index contributed by atoms with van der Waals surface area (Å²) in [6, 6.07) is 4.71. The van der Waals surface area contributed by atoms with Crippen molar-refractivity contribution in [3.63, 3.8) is 0 Å². The molecule has 0 saturated carbocycles. The summed E-state index contributed by atoms with van der Waals surface area (Å²) in [5.41, 5.74) is 1.85. The van der Waals surface area contributed by atoms with Gasteiger partial charge in [-0.2, -0.15) is 0 Å². The summed E-state index contributed by atoms with van der Waals surface area (Å²) in [6.07, 6.45) is 3.68. The van der Waals surface area contributed by atoms with Crippen LogP contribution in [0.2, 0.25) is 0 Å². The molecule has 0 aliphatic heterocycles. The van der Waals surface area contributed by atoms with Crippen LogP contribution in [0.15, 0.2) is 24.4 Å². The van der Waals surface area contributed by atoms with Crippen LogP contribution in [0.4, 0.5) is 0 Å². The molecule has 2 aromatic rings. The second kappa shape index (κ2) is 6.39. The number of aliphatic carboxylic acids is 1. The number of aromatic nitrogens is 2. The van der Waals surface area contributed by atoms with E-state index in [0.29, 0.717) is 12.1 Å². The van der Waals surface area contributed by atoms with Gasteiger partial charge in [-0.3, -0.25) is 4.79 Å². The zero-order valence-corrected chi connectivity index (χ0v) is 12.2. The first-order valence-electron chi connectivity index (χ1n) is 7.01. The lowest BCUT2D eigenvalue weighted by atomic mass is 10.1. The van der Waals surface area contributed by atoms with Gasteiger partial charge in [-0.1, -0.05) is 25.8 Å².